The van der Waals surface area contributed by atoms with Crippen LogP contribution in [0.25, 0.3) is 5.69 Å². The molecule has 0 spiro atoms. The van der Waals surface area contributed by atoms with Gasteiger partial charge in [-0.3, -0.25) is 0 Å². The first-order valence-electron chi connectivity index (χ1n) is 7.44. The SMILES string of the molecule is O=c1[nH]c(CC2CCCCC2)c(O)n1-c1ccc(Cl)cc1. The van der Waals surface area contributed by atoms with E-state index in [-0.39, 0.29) is 11.6 Å². The second kappa shape index (κ2) is 5.98. The van der Waals surface area contributed by atoms with Crippen LogP contribution in [-0.4, -0.2) is 14.7 Å². The Morgan fingerprint density at radius 2 is 1.86 bits per heavy atom. The first-order valence-corrected chi connectivity index (χ1v) is 7.82. The van der Waals surface area contributed by atoms with Crippen LogP contribution in [-0.2, 0) is 6.42 Å². The predicted molar refractivity (Wildman–Crippen MR) is 83.3 cm³/mol. The Bertz CT molecular complexity index is 667. The fraction of sp³-hybridized carbons (Fsp3) is 0.438. The average Bonchev–Trinajstić information content (AvgIpc) is 2.76. The highest BCUT2D eigenvalue weighted by atomic mass is 35.5. The normalized spacial score (nSPS) is 16.2. The number of aromatic hydroxyl groups is 1. The first-order chi connectivity index (χ1) is 10.1. The molecule has 2 aromatic rings. The summed E-state index contributed by atoms with van der Waals surface area (Å²) < 4.78 is 1.30. The standard InChI is InChI=1S/C16H19ClN2O2/c17-12-6-8-13(9-7-12)19-15(20)14(18-16(19)21)10-11-4-2-1-3-5-11/h6-9,11,20H,1-5,10H2,(H,18,21). The summed E-state index contributed by atoms with van der Waals surface area (Å²) in [6.45, 7) is 0. The van der Waals surface area contributed by atoms with Crippen LogP contribution in [0.4, 0.5) is 0 Å². The van der Waals surface area contributed by atoms with Gasteiger partial charge in [0.2, 0.25) is 5.88 Å². The van der Waals surface area contributed by atoms with E-state index in [9.17, 15) is 9.90 Å². The number of halogens is 1. The molecule has 1 aromatic carbocycles. The number of benzene rings is 1. The molecule has 4 nitrogen and oxygen atoms in total. The highest BCUT2D eigenvalue weighted by Gasteiger charge is 2.20. The summed E-state index contributed by atoms with van der Waals surface area (Å²) in [6, 6.07) is 6.86. The van der Waals surface area contributed by atoms with Crippen LogP contribution in [0.2, 0.25) is 5.02 Å². The maximum Gasteiger partial charge on any atom is 0.333 e. The third-order valence-electron chi connectivity index (χ3n) is 4.25. The van der Waals surface area contributed by atoms with Crippen molar-refractivity contribution in [1.82, 2.24) is 9.55 Å². The van der Waals surface area contributed by atoms with Gasteiger partial charge >= 0.3 is 5.69 Å². The van der Waals surface area contributed by atoms with E-state index in [1.54, 1.807) is 24.3 Å². The lowest BCUT2D eigenvalue weighted by Gasteiger charge is -2.20. The molecule has 1 heterocycles. The van der Waals surface area contributed by atoms with E-state index in [1.807, 2.05) is 0 Å². The van der Waals surface area contributed by atoms with E-state index in [4.69, 9.17) is 11.6 Å². The molecule has 3 rings (SSSR count). The van der Waals surface area contributed by atoms with Crippen LogP contribution in [0.5, 0.6) is 5.88 Å². The van der Waals surface area contributed by atoms with Crippen LogP contribution < -0.4 is 5.69 Å². The summed E-state index contributed by atoms with van der Waals surface area (Å²) in [5, 5.41) is 11.0. The maximum atomic E-state index is 12.1. The predicted octanol–water partition coefficient (Wildman–Crippen LogP) is 3.65. The highest BCUT2D eigenvalue weighted by Crippen LogP contribution is 2.29. The number of imidazole rings is 1. The number of aromatic amines is 1. The fourth-order valence-electron chi connectivity index (χ4n) is 3.12. The van der Waals surface area contributed by atoms with Crippen molar-refractivity contribution in [3.63, 3.8) is 0 Å². The van der Waals surface area contributed by atoms with Crippen molar-refractivity contribution in [1.29, 1.82) is 0 Å². The quantitative estimate of drug-likeness (QED) is 0.909. The average molecular weight is 307 g/mol. The minimum atomic E-state index is -0.305. The summed E-state index contributed by atoms with van der Waals surface area (Å²) in [5.74, 6) is 0.578. The molecule has 112 valence electrons. The Labute approximate surface area is 128 Å². The molecule has 0 saturated heterocycles. The van der Waals surface area contributed by atoms with E-state index in [2.05, 4.69) is 4.98 Å². The van der Waals surface area contributed by atoms with Gasteiger partial charge in [-0.1, -0.05) is 43.7 Å². The topological polar surface area (TPSA) is 58.0 Å². The molecule has 0 amide bonds. The summed E-state index contributed by atoms with van der Waals surface area (Å²) in [5.41, 5.74) is 0.954. The molecule has 1 saturated carbocycles. The Morgan fingerprint density at radius 1 is 1.19 bits per heavy atom. The lowest BCUT2D eigenvalue weighted by molar-refractivity contribution is 0.347. The van der Waals surface area contributed by atoms with E-state index >= 15 is 0 Å². The zero-order valence-corrected chi connectivity index (χ0v) is 12.6. The van der Waals surface area contributed by atoms with Crippen molar-refractivity contribution in [2.45, 2.75) is 38.5 Å². The van der Waals surface area contributed by atoms with Gasteiger partial charge < -0.3 is 10.1 Å². The first kappa shape index (κ1) is 14.3. The molecule has 0 atom stereocenters. The van der Waals surface area contributed by atoms with Gasteiger partial charge in [-0.15, -0.1) is 0 Å². The Balaban J connectivity index is 1.89. The highest BCUT2D eigenvalue weighted by molar-refractivity contribution is 6.30. The Morgan fingerprint density at radius 3 is 2.52 bits per heavy atom. The number of aromatic nitrogens is 2. The minimum absolute atomic E-state index is 0.0212. The molecular formula is C16H19ClN2O2. The number of hydrogen-bond acceptors (Lipinski definition) is 2. The van der Waals surface area contributed by atoms with E-state index < -0.39 is 0 Å². The zero-order valence-electron chi connectivity index (χ0n) is 11.8. The zero-order chi connectivity index (χ0) is 14.8. The summed E-state index contributed by atoms with van der Waals surface area (Å²) in [4.78, 5) is 14.9. The number of nitrogens with one attached hydrogen (secondary N) is 1. The molecule has 1 fully saturated rings. The second-order valence-electron chi connectivity index (χ2n) is 5.75. The molecule has 0 bridgehead atoms. The third kappa shape index (κ3) is 3.00. The number of H-pyrrole nitrogens is 1. The molecule has 0 radical (unpaired) electrons. The molecule has 5 heteroatoms. The van der Waals surface area contributed by atoms with Gasteiger partial charge in [0.05, 0.1) is 11.4 Å². The van der Waals surface area contributed by atoms with E-state index in [1.165, 1.54) is 36.7 Å². The molecular weight excluding hydrogens is 288 g/mol. The monoisotopic (exact) mass is 306 g/mol. The lowest BCUT2D eigenvalue weighted by Crippen LogP contribution is -2.14. The third-order valence-corrected chi connectivity index (χ3v) is 4.50. The minimum Gasteiger partial charge on any atom is -0.493 e. The van der Waals surface area contributed by atoms with Crippen molar-refractivity contribution >= 4 is 11.6 Å². The van der Waals surface area contributed by atoms with Crippen molar-refractivity contribution in [2.24, 2.45) is 5.92 Å². The molecule has 1 aromatic heterocycles. The van der Waals surface area contributed by atoms with Gasteiger partial charge in [0.15, 0.2) is 0 Å². The molecule has 21 heavy (non-hydrogen) atoms. The van der Waals surface area contributed by atoms with Crippen LogP contribution in [0.3, 0.4) is 0 Å². The van der Waals surface area contributed by atoms with E-state index in [0.717, 1.165) is 6.42 Å². The molecule has 0 aliphatic heterocycles. The molecule has 2 N–H and O–H groups in total. The van der Waals surface area contributed by atoms with Crippen LogP contribution in [0.1, 0.15) is 37.8 Å². The summed E-state index contributed by atoms with van der Waals surface area (Å²) in [6.07, 6.45) is 6.87. The largest absolute Gasteiger partial charge is 0.493 e. The van der Waals surface area contributed by atoms with Gasteiger partial charge in [-0.25, -0.2) is 9.36 Å². The Kier molecular flexibility index (Phi) is 4.06. The summed E-state index contributed by atoms with van der Waals surface area (Å²) in [7, 11) is 0. The van der Waals surface area contributed by atoms with Gasteiger partial charge in [-0.2, -0.15) is 0 Å². The smallest absolute Gasteiger partial charge is 0.333 e. The Hall–Kier alpha value is -1.68. The number of rotatable bonds is 3. The molecule has 1 aliphatic carbocycles. The maximum absolute atomic E-state index is 12.1. The number of nitrogens with zero attached hydrogens (tertiary/aromatic N) is 1. The van der Waals surface area contributed by atoms with Gasteiger partial charge in [-0.05, 0) is 36.6 Å². The van der Waals surface area contributed by atoms with Gasteiger partial charge in [0, 0.05) is 5.02 Å². The fourth-order valence-corrected chi connectivity index (χ4v) is 3.25. The summed E-state index contributed by atoms with van der Waals surface area (Å²) >= 11 is 5.86. The van der Waals surface area contributed by atoms with Crippen molar-refractivity contribution < 1.29 is 5.11 Å². The van der Waals surface area contributed by atoms with Crippen molar-refractivity contribution in [3.8, 4) is 11.6 Å². The van der Waals surface area contributed by atoms with Crippen LogP contribution >= 0.6 is 11.6 Å². The number of hydrogen-bond donors (Lipinski definition) is 2. The van der Waals surface area contributed by atoms with Crippen LogP contribution in [0.15, 0.2) is 29.1 Å². The molecule has 1 aliphatic rings. The van der Waals surface area contributed by atoms with Crippen molar-refractivity contribution in [3.05, 3.63) is 45.5 Å². The van der Waals surface area contributed by atoms with Crippen molar-refractivity contribution in [2.75, 3.05) is 0 Å². The molecule has 0 unspecified atom stereocenters. The van der Waals surface area contributed by atoms with E-state index in [0.29, 0.717) is 22.3 Å². The van der Waals surface area contributed by atoms with Gasteiger partial charge in [0.25, 0.3) is 0 Å². The lowest BCUT2D eigenvalue weighted by atomic mass is 9.86. The second-order valence-corrected chi connectivity index (χ2v) is 6.19. The van der Waals surface area contributed by atoms with Gasteiger partial charge in [0.1, 0.15) is 0 Å². The van der Waals surface area contributed by atoms with Crippen LogP contribution in [0, 0.1) is 5.92 Å².